The zero-order valence-corrected chi connectivity index (χ0v) is 19.4. The Bertz CT molecular complexity index is 1460. The Balaban J connectivity index is 1.76. The van der Waals surface area contributed by atoms with Gasteiger partial charge in [-0.15, -0.1) is 0 Å². The number of methoxy groups -OCH3 is 1. The average Bonchev–Trinajstić information content (AvgIpc) is 3.16. The number of nitrogens with one attached hydrogen (secondary N) is 1. The third-order valence-electron chi connectivity index (χ3n) is 4.81. The van der Waals surface area contributed by atoms with Gasteiger partial charge in [0.1, 0.15) is 16.5 Å². The second-order valence-electron chi connectivity index (χ2n) is 7.13. The molecule has 1 amide bonds. The molecule has 2 heterocycles. The van der Waals surface area contributed by atoms with Gasteiger partial charge >= 0.3 is 12.8 Å². The van der Waals surface area contributed by atoms with Crippen LogP contribution >= 0.6 is 23.2 Å². The van der Waals surface area contributed by atoms with Crippen molar-refractivity contribution in [2.24, 2.45) is 0 Å². The lowest BCUT2D eigenvalue weighted by atomic mass is 10.1. The van der Waals surface area contributed by atoms with Crippen molar-refractivity contribution in [3.63, 3.8) is 0 Å². The van der Waals surface area contributed by atoms with Gasteiger partial charge in [-0.05, 0) is 36.4 Å². The third kappa shape index (κ3) is 5.14. The molecular formula is C22H13Cl2F5N4O3. The Kier molecular flexibility index (Phi) is 6.92. The number of ether oxygens (including phenoxy) is 2. The van der Waals surface area contributed by atoms with Crippen LogP contribution in [-0.4, -0.2) is 34.2 Å². The van der Waals surface area contributed by atoms with Crippen molar-refractivity contribution in [2.45, 2.75) is 12.8 Å². The van der Waals surface area contributed by atoms with E-state index in [1.807, 2.05) is 0 Å². The van der Waals surface area contributed by atoms with E-state index in [0.29, 0.717) is 15.8 Å². The smallest absolute Gasteiger partial charge is 0.433 e. The van der Waals surface area contributed by atoms with Gasteiger partial charge in [0.05, 0.1) is 17.8 Å². The van der Waals surface area contributed by atoms with Crippen molar-refractivity contribution in [3.05, 3.63) is 70.0 Å². The number of rotatable bonds is 6. The van der Waals surface area contributed by atoms with Gasteiger partial charge in [0.25, 0.3) is 5.91 Å². The highest BCUT2D eigenvalue weighted by molar-refractivity contribution is 6.37. The fourth-order valence-corrected chi connectivity index (χ4v) is 3.70. The van der Waals surface area contributed by atoms with Crippen LogP contribution in [0, 0.1) is 0 Å². The largest absolute Gasteiger partial charge is 0.497 e. The molecule has 36 heavy (non-hydrogen) atoms. The molecule has 0 radical (unpaired) electrons. The Labute approximate surface area is 209 Å². The molecule has 0 aliphatic heterocycles. The van der Waals surface area contributed by atoms with E-state index >= 15 is 0 Å². The first kappa shape index (κ1) is 25.5. The quantitative estimate of drug-likeness (QED) is 0.276. The van der Waals surface area contributed by atoms with E-state index in [0.717, 1.165) is 18.2 Å². The summed E-state index contributed by atoms with van der Waals surface area (Å²) in [6, 6.07) is 10.4. The number of nitrogens with zero attached hydrogens (tertiary/aromatic N) is 3. The summed E-state index contributed by atoms with van der Waals surface area (Å²) in [6.07, 6.45) is -4.87. The first-order valence-electron chi connectivity index (χ1n) is 9.84. The summed E-state index contributed by atoms with van der Waals surface area (Å²) in [5.74, 6) is -0.925. The van der Waals surface area contributed by atoms with Gasteiger partial charge in [0, 0.05) is 11.3 Å². The second kappa shape index (κ2) is 9.78. The fourth-order valence-electron chi connectivity index (χ4n) is 3.23. The number of aromatic nitrogens is 3. The molecular weight excluding hydrogens is 534 g/mol. The van der Waals surface area contributed by atoms with Crippen LogP contribution in [0.2, 0.25) is 10.0 Å². The van der Waals surface area contributed by atoms with Gasteiger partial charge in [0.15, 0.2) is 17.0 Å². The van der Waals surface area contributed by atoms with Gasteiger partial charge in [-0.25, -0.2) is 9.50 Å². The average molecular weight is 547 g/mol. The Morgan fingerprint density at radius 3 is 2.50 bits per heavy atom. The highest BCUT2D eigenvalue weighted by Crippen LogP contribution is 2.35. The Morgan fingerprint density at radius 1 is 1.11 bits per heavy atom. The third-order valence-corrected chi connectivity index (χ3v) is 5.45. The van der Waals surface area contributed by atoms with Crippen molar-refractivity contribution in [1.82, 2.24) is 14.6 Å². The molecule has 14 heteroatoms. The molecule has 0 saturated carbocycles. The van der Waals surface area contributed by atoms with E-state index in [1.165, 1.54) is 25.3 Å². The molecule has 4 aromatic rings. The zero-order valence-electron chi connectivity index (χ0n) is 17.9. The van der Waals surface area contributed by atoms with Crippen molar-refractivity contribution < 1.29 is 36.2 Å². The summed E-state index contributed by atoms with van der Waals surface area (Å²) < 4.78 is 76.2. The Hall–Kier alpha value is -3.64. The van der Waals surface area contributed by atoms with Gasteiger partial charge in [-0.3, -0.25) is 4.79 Å². The number of hydrogen-bond donors (Lipinski definition) is 1. The van der Waals surface area contributed by atoms with Gasteiger partial charge in [0.2, 0.25) is 0 Å². The van der Waals surface area contributed by atoms with E-state index in [9.17, 15) is 26.7 Å². The second-order valence-corrected chi connectivity index (χ2v) is 7.92. The maximum Gasteiger partial charge on any atom is 0.433 e. The molecule has 0 aliphatic rings. The van der Waals surface area contributed by atoms with Crippen LogP contribution < -0.4 is 14.8 Å². The first-order chi connectivity index (χ1) is 17.0. The topological polar surface area (TPSA) is 77.8 Å². The maximum atomic E-state index is 13.9. The van der Waals surface area contributed by atoms with Gasteiger partial charge in [-0.2, -0.15) is 27.1 Å². The highest BCUT2D eigenvalue weighted by atomic mass is 35.5. The summed E-state index contributed by atoms with van der Waals surface area (Å²) in [5.41, 5.74) is -1.92. The predicted molar refractivity (Wildman–Crippen MR) is 121 cm³/mol. The van der Waals surface area contributed by atoms with Crippen molar-refractivity contribution in [1.29, 1.82) is 0 Å². The molecule has 0 fully saturated rings. The zero-order chi connectivity index (χ0) is 26.2. The van der Waals surface area contributed by atoms with Crippen LogP contribution in [0.4, 0.5) is 27.6 Å². The van der Waals surface area contributed by atoms with Crippen LogP contribution in [0.25, 0.3) is 16.9 Å². The first-order valence-corrected chi connectivity index (χ1v) is 10.6. The molecule has 0 unspecified atom stereocenters. The monoisotopic (exact) mass is 546 g/mol. The fraction of sp³-hybridized carbons (Fsp3) is 0.136. The lowest BCUT2D eigenvalue weighted by molar-refractivity contribution is -0.142. The van der Waals surface area contributed by atoms with E-state index < -0.39 is 40.8 Å². The number of fused-ring (bicyclic) bond motifs is 1. The van der Waals surface area contributed by atoms with Crippen molar-refractivity contribution >= 4 is 40.4 Å². The lowest BCUT2D eigenvalue weighted by Gasteiger charge is -2.11. The van der Waals surface area contributed by atoms with Crippen LogP contribution in [0.15, 0.2) is 48.5 Å². The minimum absolute atomic E-state index is 0.0285. The lowest BCUT2D eigenvalue weighted by Crippen LogP contribution is -2.16. The summed E-state index contributed by atoms with van der Waals surface area (Å²) in [7, 11) is 1.40. The van der Waals surface area contributed by atoms with Crippen molar-refractivity contribution in [2.75, 3.05) is 12.4 Å². The summed E-state index contributed by atoms with van der Waals surface area (Å²) in [5, 5.41) is 5.40. The predicted octanol–water partition coefficient (Wildman–Crippen LogP) is 6.58. The van der Waals surface area contributed by atoms with Crippen LogP contribution in [0.5, 0.6) is 11.5 Å². The molecule has 0 saturated heterocycles. The summed E-state index contributed by atoms with van der Waals surface area (Å²) in [6.45, 7) is -3.11. The molecule has 188 valence electrons. The number of amides is 1. The van der Waals surface area contributed by atoms with Crippen LogP contribution in [0.3, 0.4) is 0 Å². The number of benzene rings is 2. The summed E-state index contributed by atoms with van der Waals surface area (Å²) in [4.78, 5) is 17.0. The van der Waals surface area contributed by atoms with Gasteiger partial charge < -0.3 is 14.8 Å². The normalized spacial score (nSPS) is 11.7. The number of anilines is 1. The molecule has 4 rings (SSSR count). The number of hydrogen-bond acceptors (Lipinski definition) is 5. The van der Waals surface area contributed by atoms with Gasteiger partial charge in [-0.1, -0.05) is 35.3 Å². The van der Waals surface area contributed by atoms with E-state index in [4.69, 9.17) is 27.9 Å². The van der Waals surface area contributed by atoms with E-state index in [-0.39, 0.29) is 22.2 Å². The molecule has 0 bridgehead atoms. The summed E-state index contributed by atoms with van der Waals surface area (Å²) >= 11 is 12.1. The molecule has 0 aliphatic carbocycles. The van der Waals surface area contributed by atoms with Crippen molar-refractivity contribution in [3.8, 4) is 22.8 Å². The molecule has 0 spiro atoms. The van der Waals surface area contributed by atoms with E-state index in [2.05, 4.69) is 20.1 Å². The number of alkyl halides is 5. The molecule has 1 N–H and O–H groups in total. The minimum atomic E-state index is -4.87. The number of halogens is 7. The number of carbonyl (C=O) groups excluding carboxylic acids is 1. The SMILES string of the molecule is COc1cccc(-c2cc(C(F)(F)F)n3nc(C(=O)Nc4ccc(OC(F)F)c(Cl)c4)c(Cl)c3n2)c1. The molecule has 2 aromatic heterocycles. The van der Waals surface area contributed by atoms with E-state index in [1.54, 1.807) is 12.1 Å². The number of carbonyl (C=O) groups is 1. The molecule has 7 nitrogen and oxygen atoms in total. The molecule has 2 aromatic carbocycles. The highest BCUT2D eigenvalue weighted by Gasteiger charge is 2.36. The van der Waals surface area contributed by atoms with Crippen LogP contribution in [-0.2, 0) is 6.18 Å². The standard InChI is InChI=1S/C22H13Cl2F5N4O3/c1-35-12-4-2-3-10(7-12)14-9-16(22(27,28)29)33-19(31-14)17(24)18(32-33)20(34)30-11-5-6-15(13(23)8-11)36-21(25)26/h2-9,21H,1H3,(H,30,34). The maximum absolute atomic E-state index is 13.9. The van der Waals surface area contributed by atoms with Crippen LogP contribution in [0.1, 0.15) is 16.2 Å². The Morgan fingerprint density at radius 2 is 1.86 bits per heavy atom. The molecule has 0 atom stereocenters. The minimum Gasteiger partial charge on any atom is -0.497 e.